The molecule has 0 aliphatic heterocycles. The molecule has 0 atom stereocenters. The predicted octanol–water partition coefficient (Wildman–Crippen LogP) is 2.94. The number of thioether (sulfide) groups is 1. The highest BCUT2D eigenvalue weighted by Gasteiger charge is 2.12. The minimum Gasteiger partial charge on any atom is -0.493 e. The molecular weight excluding hydrogens is 350 g/mol. The first kappa shape index (κ1) is 18.1. The molecule has 24 heavy (non-hydrogen) atoms. The number of carbonyl (C=O) groups excluding carboxylic acids is 1. The number of carbonyl (C=O) groups is 1. The van der Waals surface area contributed by atoms with Crippen LogP contribution in [-0.2, 0) is 4.79 Å². The van der Waals surface area contributed by atoms with Crippen LogP contribution in [0.15, 0.2) is 22.5 Å². The van der Waals surface area contributed by atoms with Crippen LogP contribution < -0.4 is 19.5 Å². The van der Waals surface area contributed by atoms with Crippen molar-refractivity contribution in [3.05, 3.63) is 23.8 Å². The molecule has 1 amide bonds. The Morgan fingerprint density at radius 2 is 1.83 bits per heavy atom. The van der Waals surface area contributed by atoms with Gasteiger partial charge < -0.3 is 14.2 Å². The third-order valence-electron chi connectivity index (χ3n) is 2.93. The van der Waals surface area contributed by atoms with E-state index in [1.807, 2.05) is 6.26 Å². The highest BCUT2D eigenvalue weighted by atomic mass is 32.2. The molecule has 0 spiro atoms. The fraction of sp³-hybridized carbons (Fsp3) is 0.267. The van der Waals surface area contributed by atoms with E-state index in [1.165, 1.54) is 50.5 Å². The van der Waals surface area contributed by atoms with Gasteiger partial charge in [-0.3, -0.25) is 10.1 Å². The molecule has 1 N–H and O–H groups in total. The minimum atomic E-state index is -0.299. The summed E-state index contributed by atoms with van der Waals surface area (Å²) < 4.78 is 16.6. The molecule has 0 saturated heterocycles. The molecule has 1 aromatic heterocycles. The summed E-state index contributed by atoms with van der Waals surface area (Å²) in [7, 11) is 4.61. The van der Waals surface area contributed by atoms with Crippen molar-refractivity contribution in [1.29, 1.82) is 0 Å². The van der Waals surface area contributed by atoms with Crippen molar-refractivity contribution < 1.29 is 19.0 Å². The summed E-state index contributed by atoms with van der Waals surface area (Å²) in [6.45, 7) is 0. The number of nitrogens with one attached hydrogen (secondary N) is 1. The second-order valence-corrected chi connectivity index (χ2v) is 6.39. The van der Waals surface area contributed by atoms with Crippen molar-refractivity contribution in [2.45, 2.75) is 4.34 Å². The van der Waals surface area contributed by atoms with Gasteiger partial charge in [-0.2, -0.15) is 0 Å². The number of hydrogen-bond acceptors (Lipinski definition) is 8. The molecule has 0 unspecified atom stereocenters. The number of aromatic nitrogens is 2. The highest BCUT2D eigenvalue weighted by Crippen LogP contribution is 2.38. The summed E-state index contributed by atoms with van der Waals surface area (Å²) in [6, 6.07) is 3.50. The standard InChI is InChI=1S/C15H17N3O4S2/c1-20-10-7-9(8-11(21-2)13(10)22-3)5-6-12(19)16-14-17-18-15(23-4)24-14/h5-8H,1-4H3,(H,16,17,19)/b6-5+. The lowest BCUT2D eigenvalue weighted by atomic mass is 10.1. The van der Waals surface area contributed by atoms with Crippen LogP contribution in [0.1, 0.15) is 5.56 Å². The van der Waals surface area contributed by atoms with Gasteiger partial charge in [0.15, 0.2) is 15.8 Å². The molecule has 0 fully saturated rings. The van der Waals surface area contributed by atoms with Crippen LogP contribution in [-0.4, -0.2) is 43.7 Å². The minimum absolute atomic E-state index is 0.299. The average molecular weight is 367 g/mol. The fourth-order valence-corrected chi connectivity index (χ4v) is 3.03. The molecule has 9 heteroatoms. The van der Waals surface area contributed by atoms with E-state index < -0.39 is 0 Å². The zero-order valence-corrected chi connectivity index (χ0v) is 15.3. The van der Waals surface area contributed by atoms with E-state index in [1.54, 1.807) is 18.2 Å². The molecular formula is C15H17N3O4S2. The Bertz CT molecular complexity index is 721. The third-order valence-corrected chi connectivity index (χ3v) is 4.74. The van der Waals surface area contributed by atoms with Crippen LogP contribution in [0.2, 0.25) is 0 Å². The maximum atomic E-state index is 12.0. The van der Waals surface area contributed by atoms with Gasteiger partial charge >= 0.3 is 0 Å². The van der Waals surface area contributed by atoms with E-state index in [-0.39, 0.29) is 5.91 Å². The third kappa shape index (κ3) is 4.39. The number of anilines is 1. The van der Waals surface area contributed by atoms with Crippen molar-refractivity contribution in [1.82, 2.24) is 10.2 Å². The predicted molar refractivity (Wildman–Crippen MR) is 95.5 cm³/mol. The fourth-order valence-electron chi connectivity index (χ4n) is 1.86. The number of methoxy groups -OCH3 is 3. The zero-order valence-electron chi connectivity index (χ0n) is 13.7. The Hall–Kier alpha value is -2.26. The van der Waals surface area contributed by atoms with Crippen LogP contribution in [0, 0.1) is 0 Å². The summed E-state index contributed by atoms with van der Waals surface area (Å²) >= 11 is 2.79. The van der Waals surface area contributed by atoms with Crippen LogP contribution in [0.3, 0.4) is 0 Å². The Kier molecular flexibility index (Phi) is 6.44. The van der Waals surface area contributed by atoms with Gasteiger partial charge in [0, 0.05) is 6.08 Å². The second-order valence-electron chi connectivity index (χ2n) is 4.36. The van der Waals surface area contributed by atoms with E-state index in [9.17, 15) is 4.79 Å². The number of benzene rings is 1. The Balaban J connectivity index is 2.14. The monoisotopic (exact) mass is 367 g/mol. The molecule has 0 radical (unpaired) electrons. The SMILES string of the molecule is COc1cc(/C=C/C(=O)Nc2nnc(SC)s2)cc(OC)c1OC. The Morgan fingerprint density at radius 1 is 1.17 bits per heavy atom. The number of nitrogens with zero attached hydrogens (tertiary/aromatic N) is 2. The average Bonchev–Trinajstić information content (AvgIpc) is 3.06. The first-order valence-electron chi connectivity index (χ1n) is 6.77. The van der Waals surface area contributed by atoms with Gasteiger partial charge in [0.05, 0.1) is 21.3 Å². The summed E-state index contributed by atoms with van der Waals surface area (Å²) in [4.78, 5) is 12.0. The summed E-state index contributed by atoms with van der Waals surface area (Å²) in [5, 5.41) is 10.9. The lowest BCUT2D eigenvalue weighted by Gasteiger charge is -2.12. The van der Waals surface area contributed by atoms with Gasteiger partial charge in [0.2, 0.25) is 16.8 Å². The number of rotatable bonds is 7. The van der Waals surface area contributed by atoms with E-state index in [4.69, 9.17) is 14.2 Å². The first-order valence-corrected chi connectivity index (χ1v) is 8.82. The maximum Gasteiger partial charge on any atom is 0.250 e. The van der Waals surface area contributed by atoms with Crippen molar-refractivity contribution in [3.8, 4) is 17.2 Å². The molecule has 0 aliphatic rings. The Morgan fingerprint density at radius 3 is 2.33 bits per heavy atom. The largest absolute Gasteiger partial charge is 0.493 e. The second kappa shape index (κ2) is 8.55. The quantitative estimate of drug-likeness (QED) is 0.458. The van der Waals surface area contributed by atoms with Crippen LogP contribution >= 0.6 is 23.1 Å². The molecule has 1 aromatic carbocycles. The van der Waals surface area contributed by atoms with Gasteiger partial charge in [-0.1, -0.05) is 23.1 Å². The van der Waals surface area contributed by atoms with Gasteiger partial charge in [0.25, 0.3) is 0 Å². The molecule has 1 heterocycles. The van der Waals surface area contributed by atoms with Crippen LogP contribution in [0.25, 0.3) is 6.08 Å². The van der Waals surface area contributed by atoms with Crippen LogP contribution in [0.5, 0.6) is 17.2 Å². The smallest absolute Gasteiger partial charge is 0.250 e. The summed E-state index contributed by atoms with van der Waals surface area (Å²) in [5.74, 6) is 1.24. The van der Waals surface area contributed by atoms with E-state index in [0.717, 1.165) is 9.90 Å². The molecule has 2 aromatic rings. The van der Waals surface area contributed by atoms with Crippen molar-refractivity contribution in [2.75, 3.05) is 32.9 Å². The Labute approximate surface area is 148 Å². The normalized spacial score (nSPS) is 10.7. The molecule has 7 nitrogen and oxygen atoms in total. The molecule has 0 bridgehead atoms. The summed E-state index contributed by atoms with van der Waals surface area (Å²) in [6.07, 6.45) is 4.95. The van der Waals surface area contributed by atoms with Crippen LogP contribution in [0.4, 0.5) is 5.13 Å². The zero-order chi connectivity index (χ0) is 17.5. The first-order chi connectivity index (χ1) is 11.6. The molecule has 0 saturated carbocycles. The van der Waals surface area contributed by atoms with Crippen molar-refractivity contribution in [2.24, 2.45) is 0 Å². The molecule has 128 valence electrons. The lowest BCUT2D eigenvalue weighted by molar-refractivity contribution is -0.111. The van der Waals surface area contributed by atoms with Gasteiger partial charge in [-0.15, -0.1) is 10.2 Å². The van der Waals surface area contributed by atoms with E-state index in [2.05, 4.69) is 15.5 Å². The van der Waals surface area contributed by atoms with Gasteiger partial charge in [0.1, 0.15) is 0 Å². The maximum absolute atomic E-state index is 12.0. The van der Waals surface area contributed by atoms with Gasteiger partial charge in [-0.05, 0) is 30.0 Å². The topological polar surface area (TPSA) is 82.6 Å². The number of amides is 1. The van der Waals surface area contributed by atoms with Crippen molar-refractivity contribution >= 4 is 40.2 Å². The highest BCUT2D eigenvalue weighted by molar-refractivity contribution is 8.00. The molecule has 2 rings (SSSR count). The van der Waals surface area contributed by atoms with Gasteiger partial charge in [-0.25, -0.2) is 0 Å². The number of hydrogen-bond donors (Lipinski definition) is 1. The van der Waals surface area contributed by atoms with E-state index in [0.29, 0.717) is 22.4 Å². The van der Waals surface area contributed by atoms with Crippen molar-refractivity contribution in [3.63, 3.8) is 0 Å². The lowest BCUT2D eigenvalue weighted by Crippen LogP contribution is -2.07. The molecule has 0 aliphatic carbocycles. The van der Waals surface area contributed by atoms with E-state index >= 15 is 0 Å². The summed E-state index contributed by atoms with van der Waals surface area (Å²) in [5.41, 5.74) is 0.738. The number of ether oxygens (including phenoxy) is 3.